The molecule has 86 valence electrons. The summed E-state index contributed by atoms with van der Waals surface area (Å²) >= 11 is 0. The second-order valence-corrected chi connectivity index (χ2v) is 4.18. The van der Waals surface area contributed by atoms with Crippen LogP contribution in [0.25, 0.3) is 0 Å². The number of hydrogen-bond acceptors (Lipinski definition) is 3. The van der Waals surface area contributed by atoms with Crippen LogP contribution in [-0.2, 0) is 4.74 Å². The summed E-state index contributed by atoms with van der Waals surface area (Å²) in [4.78, 5) is 0. The minimum absolute atomic E-state index is 0.311. The first-order chi connectivity index (χ1) is 6.66. The van der Waals surface area contributed by atoms with Crippen molar-refractivity contribution in [1.29, 1.82) is 0 Å². The Morgan fingerprint density at radius 3 is 2.21 bits per heavy atom. The molecule has 3 nitrogen and oxygen atoms in total. The molecule has 0 heterocycles. The third kappa shape index (κ3) is 9.96. The summed E-state index contributed by atoms with van der Waals surface area (Å²) in [5.41, 5.74) is 0. The van der Waals surface area contributed by atoms with Crippen molar-refractivity contribution in [3.63, 3.8) is 0 Å². The number of rotatable bonds is 9. The van der Waals surface area contributed by atoms with Gasteiger partial charge < -0.3 is 15.4 Å². The molecule has 1 unspecified atom stereocenters. The lowest BCUT2D eigenvalue weighted by Crippen LogP contribution is -2.33. The molecule has 0 aliphatic heterocycles. The van der Waals surface area contributed by atoms with E-state index in [0.717, 1.165) is 32.1 Å². The molecule has 0 aliphatic rings. The number of ether oxygens (including phenoxy) is 1. The molecule has 3 heteroatoms. The maximum Gasteiger partial charge on any atom is 0.0667 e. The minimum Gasteiger partial charge on any atom is -0.380 e. The van der Waals surface area contributed by atoms with Crippen molar-refractivity contribution in [3.8, 4) is 0 Å². The van der Waals surface area contributed by atoms with Crippen LogP contribution in [0.15, 0.2) is 0 Å². The van der Waals surface area contributed by atoms with Crippen LogP contribution in [0.3, 0.4) is 0 Å². The van der Waals surface area contributed by atoms with Crippen LogP contribution in [0.1, 0.15) is 27.2 Å². The van der Waals surface area contributed by atoms with Gasteiger partial charge in [0, 0.05) is 26.7 Å². The highest BCUT2D eigenvalue weighted by Crippen LogP contribution is 1.95. The average Bonchev–Trinajstić information content (AvgIpc) is 2.15. The lowest BCUT2D eigenvalue weighted by atomic mass is 10.1. The molecular formula is C11H26N2O. The molecule has 0 aromatic rings. The third-order valence-electron chi connectivity index (χ3n) is 2.21. The van der Waals surface area contributed by atoms with Gasteiger partial charge >= 0.3 is 0 Å². The topological polar surface area (TPSA) is 33.3 Å². The highest BCUT2D eigenvalue weighted by molar-refractivity contribution is 4.57. The van der Waals surface area contributed by atoms with E-state index in [4.69, 9.17) is 4.74 Å². The van der Waals surface area contributed by atoms with Crippen molar-refractivity contribution < 1.29 is 4.74 Å². The van der Waals surface area contributed by atoms with E-state index in [0.29, 0.717) is 6.10 Å². The Kier molecular flexibility index (Phi) is 9.35. The van der Waals surface area contributed by atoms with Gasteiger partial charge in [-0.3, -0.25) is 0 Å². The molecule has 0 bridgehead atoms. The van der Waals surface area contributed by atoms with Crippen LogP contribution in [0, 0.1) is 5.92 Å². The normalized spacial score (nSPS) is 13.5. The highest BCUT2D eigenvalue weighted by Gasteiger charge is 1.97. The maximum atomic E-state index is 5.13. The third-order valence-corrected chi connectivity index (χ3v) is 2.21. The molecule has 0 aliphatic carbocycles. The molecule has 0 saturated carbocycles. The van der Waals surface area contributed by atoms with Crippen molar-refractivity contribution >= 4 is 0 Å². The number of hydrogen-bond donors (Lipinski definition) is 2. The minimum atomic E-state index is 0.311. The van der Waals surface area contributed by atoms with Gasteiger partial charge in [0.25, 0.3) is 0 Å². The fourth-order valence-corrected chi connectivity index (χ4v) is 1.08. The van der Waals surface area contributed by atoms with Gasteiger partial charge in [0.2, 0.25) is 0 Å². The molecule has 0 spiro atoms. The fourth-order valence-electron chi connectivity index (χ4n) is 1.08. The summed E-state index contributed by atoms with van der Waals surface area (Å²) in [6.07, 6.45) is 1.57. The molecule has 0 aromatic heterocycles. The monoisotopic (exact) mass is 202 g/mol. The van der Waals surface area contributed by atoms with Gasteiger partial charge in [-0.15, -0.1) is 0 Å². The van der Waals surface area contributed by atoms with Crippen LogP contribution in [0.5, 0.6) is 0 Å². The van der Waals surface area contributed by atoms with E-state index in [1.165, 1.54) is 6.42 Å². The molecule has 0 radical (unpaired) electrons. The predicted molar refractivity (Wildman–Crippen MR) is 61.7 cm³/mol. The molecule has 0 aromatic carbocycles. The van der Waals surface area contributed by atoms with E-state index >= 15 is 0 Å². The van der Waals surface area contributed by atoms with E-state index in [1.807, 2.05) is 0 Å². The second kappa shape index (κ2) is 9.44. The SMILES string of the molecule is COC(C)CNCCNCCC(C)C. The smallest absolute Gasteiger partial charge is 0.0667 e. The quantitative estimate of drug-likeness (QED) is 0.552. The summed E-state index contributed by atoms with van der Waals surface area (Å²) in [5, 5.41) is 6.74. The standard InChI is InChI=1S/C11H26N2O/c1-10(2)5-6-12-7-8-13-9-11(3)14-4/h10-13H,5-9H2,1-4H3. The molecule has 1 atom stereocenters. The van der Waals surface area contributed by atoms with Crippen molar-refractivity contribution in [2.24, 2.45) is 5.92 Å². The molecular weight excluding hydrogens is 176 g/mol. The van der Waals surface area contributed by atoms with E-state index in [2.05, 4.69) is 31.4 Å². The Balaban J connectivity index is 2.99. The Labute approximate surface area is 88.6 Å². The lowest BCUT2D eigenvalue weighted by molar-refractivity contribution is 0.117. The molecule has 14 heavy (non-hydrogen) atoms. The Hall–Kier alpha value is -0.120. The van der Waals surface area contributed by atoms with Crippen molar-refractivity contribution in [1.82, 2.24) is 10.6 Å². The Bertz CT molecular complexity index is 118. The highest BCUT2D eigenvalue weighted by atomic mass is 16.5. The molecule has 0 amide bonds. The summed E-state index contributed by atoms with van der Waals surface area (Å²) < 4.78 is 5.13. The number of nitrogens with one attached hydrogen (secondary N) is 2. The van der Waals surface area contributed by atoms with Crippen molar-refractivity contribution in [2.75, 3.05) is 33.3 Å². The summed E-state index contributed by atoms with van der Waals surface area (Å²) in [7, 11) is 1.74. The zero-order valence-corrected chi connectivity index (χ0v) is 10.1. The first kappa shape index (κ1) is 13.9. The Morgan fingerprint density at radius 1 is 1.00 bits per heavy atom. The zero-order valence-electron chi connectivity index (χ0n) is 10.1. The first-order valence-electron chi connectivity index (χ1n) is 5.61. The summed E-state index contributed by atoms with van der Waals surface area (Å²) in [5.74, 6) is 0.795. The van der Waals surface area contributed by atoms with Crippen LogP contribution < -0.4 is 10.6 Å². The van der Waals surface area contributed by atoms with Gasteiger partial charge in [0.05, 0.1) is 6.10 Å². The maximum absolute atomic E-state index is 5.13. The largest absolute Gasteiger partial charge is 0.380 e. The second-order valence-electron chi connectivity index (χ2n) is 4.18. The van der Waals surface area contributed by atoms with Gasteiger partial charge in [0.15, 0.2) is 0 Å². The van der Waals surface area contributed by atoms with Gasteiger partial charge in [-0.2, -0.15) is 0 Å². The molecule has 0 saturated heterocycles. The van der Waals surface area contributed by atoms with Gasteiger partial charge in [-0.1, -0.05) is 13.8 Å². The van der Waals surface area contributed by atoms with E-state index < -0.39 is 0 Å². The van der Waals surface area contributed by atoms with Crippen LogP contribution in [0.4, 0.5) is 0 Å². The summed E-state index contributed by atoms with van der Waals surface area (Å²) in [6, 6.07) is 0. The zero-order chi connectivity index (χ0) is 10.8. The van der Waals surface area contributed by atoms with Crippen LogP contribution in [0.2, 0.25) is 0 Å². The Morgan fingerprint density at radius 2 is 1.64 bits per heavy atom. The predicted octanol–water partition coefficient (Wildman–Crippen LogP) is 1.25. The van der Waals surface area contributed by atoms with Gasteiger partial charge in [-0.25, -0.2) is 0 Å². The van der Waals surface area contributed by atoms with Crippen molar-refractivity contribution in [3.05, 3.63) is 0 Å². The lowest BCUT2D eigenvalue weighted by Gasteiger charge is -2.11. The van der Waals surface area contributed by atoms with E-state index in [-0.39, 0.29) is 0 Å². The van der Waals surface area contributed by atoms with Crippen molar-refractivity contribution in [2.45, 2.75) is 33.3 Å². The molecule has 0 rings (SSSR count). The van der Waals surface area contributed by atoms with E-state index in [1.54, 1.807) is 7.11 Å². The molecule has 2 N–H and O–H groups in total. The van der Waals surface area contributed by atoms with Crippen LogP contribution >= 0.6 is 0 Å². The van der Waals surface area contributed by atoms with Gasteiger partial charge in [0.1, 0.15) is 0 Å². The number of methoxy groups -OCH3 is 1. The summed E-state index contributed by atoms with van der Waals surface area (Å²) in [6.45, 7) is 10.7. The first-order valence-corrected chi connectivity index (χ1v) is 5.61. The molecule has 0 fully saturated rings. The van der Waals surface area contributed by atoms with Gasteiger partial charge in [-0.05, 0) is 25.8 Å². The average molecular weight is 202 g/mol. The van der Waals surface area contributed by atoms with Crippen LogP contribution in [-0.4, -0.2) is 39.4 Å². The van der Waals surface area contributed by atoms with E-state index in [9.17, 15) is 0 Å². The fraction of sp³-hybridized carbons (Fsp3) is 1.00.